The highest BCUT2D eigenvalue weighted by Gasteiger charge is 2.29. The number of carbonyl (C=O) groups excluding carboxylic acids is 2. The van der Waals surface area contributed by atoms with E-state index in [1.165, 1.54) is 18.2 Å². The van der Waals surface area contributed by atoms with Crippen molar-refractivity contribution >= 4 is 38.4 Å². The van der Waals surface area contributed by atoms with Crippen LogP contribution in [0.3, 0.4) is 0 Å². The van der Waals surface area contributed by atoms with Gasteiger partial charge in [-0.1, -0.05) is 6.07 Å². The van der Waals surface area contributed by atoms with Crippen LogP contribution >= 0.6 is 0 Å². The van der Waals surface area contributed by atoms with E-state index in [0.29, 0.717) is 12.3 Å². The molecule has 0 atom stereocenters. The van der Waals surface area contributed by atoms with Gasteiger partial charge >= 0.3 is 0 Å². The van der Waals surface area contributed by atoms with Crippen molar-refractivity contribution in [2.45, 2.75) is 11.4 Å². The van der Waals surface area contributed by atoms with Crippen LogP contribution in [0.25, 0.3) is 10.9 Å². The first kappa shape index (κ1) is 22.0. The number of fused-ring (bicyclic) bond motifs is 1. The molecule has 0 bridgehead atoms. The summed E-state index contributed by atoms with van der Waals surface area (Å²) in [6.45, 7) is 1.54. The zero-order chi connectivity index (χ0) is 22.7. The first-order chi connectivity index (χ1) is 15.4. The Kier molecular flexibility index (Phi) is 6.26. The van der Waals surface area contributed by atoms with Gasteiger partial charge in [0, 0.05) is 55.1 Å². The van der Waals surface area contributed by atoms with E-state index >= 15 is 0 Å². The first-order valence-corrected chi connectivity index (χ1v) is 11.6. The summed E-state index contributed by atoms with van der Waals surface area (Å²) >= 11 is 0. The Morgan fingerprint density at radius 3 is 2.81 bits per heavy atom. The fraction of sp³-hybridized carbons (Fsp3) is 0.273. The lowest BCUT2D eigenvalue weighted by atomic mass is 10.2. The van der Waals surface area contributed by atoms with E-state index in [4.69, 9.17) is 4.74 Å². The Hall–Kier alpha value is -3.21. The molecule has 0 unspecified atom stereocenters. The lowest BCUT2D eigenvalue weighted by molar-refractivity contribution is -0.122. The number of piperazine rings is 1. The molecule has 9 nitrogen and oxygen atoms in total. The summed E-state index contributed by atoms with van der Waals surface area (Å²) in [4.78, 5) is 24.4. The number of aromatic nitrogens is 1. The molecule has 10 heteroatoms. The smallest absolute Gasteiger partial charge is 0.255 e. The molecule has 1 aliphatic heterocycles. The summed E-state index contributed by atoms with van der Waals surface area (Å²) in [6.07, 6.45) is 1.96. The second-order valence-electron chi connectivity index (χ2n) is 7.45. The maximum atomic E-state index is 12.9. The normalized spacial score (nSPS) is 15.0. The van der Waals surface area contributed by atoms with Crippen molar-refractivity contribution in [2.75, 3.05) is 38.7 Å². The van der Waals surface area contributed by atoms with Gasteiger partial charge in [0.05, 0.1) is 18.0 Å². The monoisotopic (exact) mass is 456 g/mol. The molecule has 2 heterocycles. The molecule has 2 amide bonds. The van der Waals surface area contributed by atoms with Gasteiger partial charge in [-0.2, -0.15) is 4.31 Å². The predicted octanol–water partition coefficient (Wildman–Crippen LogP) is 1.66. The Labute approximate surface area is 186 Å². The quantitative estimate of drug-likeness (QED) is 0.562. The highest BCUT2D eigenvalue weighted by atomic mass is 32.2. The number of hydrogen-bond acceptors (Lipinski definition) is 5. The largest absolute Gasteiger partial charge is 0.383 e. The minimum absolute atomic E-state index is 0.0227. The van der Waals surface area contributed by atoms with Crippen LogP contribution < -0.4 is 10.6 Å². The molecular weight excluding hydrogens is 432 g/mol. The van der Waals surface area contributed by atoms with Crippen molar-refractivity contribution in [2.24, 2.45) is 0 Å². The number of nitrogens with zero attached hydrogens (tertiary/aromatic N) is 2. The van der Waals surface area contributed by atoms with Crippen LogP contribution in [0, 0.1) is 0 Å². The van der Waals surface area contributed by atoms with Crippen LogP contribution in [-0.2, 0) is 26.1 Å². The maximum Gasteiger partial charge on any atom is 0.255 e. The van der Waals surface area contributed by atoms with E-state index in [0.717, 1.165) is 21.8 Å². The fourth-order valence-electron chi connectivity index (χ4n) is 3.63. The molecule has 3 aromatic rings. The highest BCUT2D eigenvalue weighted by Crippen LogP contribution is 2.22. The molecule has 32 heavy (non-hydrogen) atoms. The zero-order valence-electron chi connectivity index (χ0n) is 17.6. The average Bonchev–Trinajstić information content (AvgIpc) is 3.20. The number of nitrogens with one attached hydrogen (secondary N) is 2. The molecule has 0 radical (unpaired) electrons. The van der Waals surface area contributed by atoms with Crippen LogP contribution in [0.2, 0.25) is 0 Å². The van der Waals surface area contributed by atoms with Gasteiger partial charge in [0.1, 0.15) is 0 Å². The van der Waals surface area contributed by atoms with Crippen molar-refractivity contribution < 1.29 is 22.7 Å². The molecule has 1 aromatic heterocycles. The van der Waals surface area contributed by atoms with Gasteiger partial charge in [-0.15, -0.1) is 0 Å². The van der Waals surface area contributed by atoms with Crippen molar-refractivity contribution in [1.82, 2.24) is 14.2 Å². The highest BCUT2D eigenvalue weighted by molar-refractivity contribution is 7.89. The summed E-state index contributed by atoms with van der Waals surface area (Å²) in [5.41, 5.74) is 1.84. The number of rotatable bonds is 7. The lowest BCUT2D eigenvalue weighted by Crippen LogP contribution is -2.49. The number of benzene rings is 2. The van der Waals surface area contributed by atoms with Crippen molar-refractivity contribution in [3.8, 4) is 0 Å². The molecule has 0 aliphatic carbocycles. The second-order valence-corrected chi connectivity index (χ2v) is 9.38. The van der Waals surface area contributed by atoms with E-state index in [2.05, 4.69) is 15.2 Å². The van der Waals surface area contributed by atoms with Crippen LogP contribution in [0.1, 0.15) is 10.4 Å². The van der Waals surface area contributed by atoms with Gasteiger partial charge < -0.3 is 19.9 Å². The third-order valence-electron chi connectivity index (χ3n) is 5.30. The summed E-state index contributed by atoms with van der Waals surface area (Å²) in [5.74, 6) is -0.767. The number of anilines is 1. The Morgan fingerprint density at radius 2 is 2.03 bits per heavy atom. The van der Waals surface area contributed by atoms with Gasteiger partial charge in [0.15, 0.2) is 0 Å². The number of methoxy groups -OCH3 is 1. The number of carbonyl (C=O) groups is 2. The number of amides is 2. The zero-order valence-corrected chi connectivity index (χ0v) is 18.4. The van der Waals surface area contributed by atoms with E-state index in [9.17, 15) is 18.0 Å². The molecule has 0 spiro atoms. The van der Waals surface area contributed by atoms with Crippen molar-refractivity contribution in [3.63, 3.8) is 0 Å². The maximum absolute atomic E-state index is 12.9. The lowest BCUT2D eigenvalue weighted by Gasteiger charge is -2.26. The van der Waals surface area contributed by atoms with Crippen LogP contribution in [0.4, 0.5) is 5.69 Å². The van der Waals surface area contributed by atoms with Gasteiger partial charge in [0.25, 0.3) is 5.91 Å². The number of ether oxygens (including phenoxy) is 1. The van der Waals surface area contributed by atoms with E-state index in [1.54, 1.807) is 19.2 Å². The summed E-state index contributed by atoms with van der Waals surface area (Å²) < 4.78 is 34.1. The summed E-state index contributed by atoms with van der Waals surface area (Å²) in [6, 6.07) is 13.4. The van der Waals surface area contributed by atoms with Gasteiger partial charge in [0.2, 0.25) is 15.9 Å². The molecular formula is C22H24N4O5S. The average molecular weight is 457 g/mol. The second kappa shape index (κ2) is 9.11. The topological polar surface area (TPSA) is 110 Å². The molecule has 0 saturated carbocycles. The van der Waals surface area contributed by atoms with E-state index in [-0.39, 0.29) is 36.0 Å². The fourth-order valence-corrected chi connectivity index (χ4v) is 5.08. The van der Waals surface area contributed by atoms with Crippen molar-refractivity contribution in [3.05, 3.63) is 60.3 Å². The van der Waals surface area contributed by atoms with Crippen molar-refractivity contribution in [1.29, 1.82) is 0 Å². The molecule has 1 saturated heterocycles. The summed E-state index contributed by atoms with van der Waals surface area (Å²) in [5, 5.41) is 6.39. The Morgan fingerprint density at radius 1 is 1.19 bits per heavy atom. The standard InChI is InChI=1S/C22H24N4O5S/c1-31-12-11-25-9-7-16-13-18(5-6-20(16)25)24-22(28)17-3-2-4-19(14-17)32(29,30)26-10-8-23-21(27)15-26/h2-7,9,13-14H,8,10-12,15H2,1H3,(H,23,27)(H,24,28). The molecule has 1 fully saturated rings. The molecule has 4 rings (SSSR count). The molecule has 168 valence electrons. The third kappa shape index (κ3) is 4.52. The van der Waals surface area contributed by atoms with Gasteiger partial charge in [-0.25, -0.2) is 8.42 Å². The van der Waals surface area contributed by atoms with Crippen LogP contribution in [-0.4, -0.2) is 62.5 Å². The van der Waals surface area contributed by atoms with Crippen LogP contribution in [0.15, 0.2) is 59.6 Å². The van der Waals surface area contributed by atoms with Crippen LogP contribution in [0.5, 0.6) is 0 Å². The SMILES string of the molecule is COCCn1ccc2cc(NC(=O)c3cccc(S(=O)(=O)N4CCNC(=O)C4)c3)ccc21. The van der Waals surface area contributed by atoms with Gasteiger partial charge in [-0.3, -0.25) is 9.59 Å². The number of hydrogen-bond donors (Lipinski definition) is 2. The Balaban J connectivity index is 1.52. The number of sulfonamides is 1. The molecule has 2 N–H and O–H groups in total. The minimum atomic E-state index is -3.88. The minimum Gasteiger partial charge on any atom is -0.383 e. The Bertz CT molecular complexity index is 1270. The van der Waals surface area contributed by atoms with Gasteiger partial charge in [-0.05, 0) is 42.5 Å². The molecule has 1 aliphatic rings. The van der Waals surface area contributed by atoms with E-state index in [1.807, 2.05) is 24.4 Å². The predicted molar refractivity (Wildman–Crippen MR) is 120 cm³/mol. The molecule has 2 aromatic carbocycles. The van der Waals surface area contributed by atoms with E-state index < -0.39 is 15.9 Å². The third-order valence-corrected chi connectivity index (χ3v) is 7.14. The summed E-state index contributed by atoms with van der Waals surface area (Å²) in [7, 11) is -2.22. The first-order valence-electron chi connectivity index (χ1n) is 10.1.